The Kier molecular flexibility index (Phi) is 6.35. The van der Waals surface area contributed by atoms with Gasteiger partial charge in [-0.15, -0.1) is 11.3 Å². The fraction of sp³-hybridized carbons (Fsp3) is 0.538. The monoisotopic (exact) mass is 282 g/mol. The van der Waals surface area contributed by atoms with E-state index in [4.69, 9.17) is 0 Å². The van der Waals surface area contributed by atoms with Crippen LogP contribution in [0.1, 0.15) is 16.2 Å². The molecule has 2 N–H and O–H groups in total. The molecule has 0 unspecified atom stereocenters. The Balaban J connectivity index is 2.29. The first kappa shape index (κ1) is 15.5. The minimum absolute atomic E-state index is 0.108. The molecule has 1 amide bonds. The number of nitrogens with one attached hydrogen (secondary N) is 2. The Hall–Kier alpha value is -1.56. The van der Waals surface area contributed by atoms with Gasteiger partial charge in [0.05, 0.1) is 6.54 Å². The van der Waals surface area contributed by atoms with Crippen molar-refractivity contribution in [2.45, 2.75) is 19.9 Å². The van der Waals surface area contributed by atoms with Crippen molar-refractivity contribution < 1.29 is 4.79 Å². The predicted octanol–water partition coefficient (Wildman–Crippen LogP) is 1.20. The Bertz CT molecular complexity index is 440. The van der Waals surface area contributed by atoms with Crippen LogP contribution in [0.15, 0.2) is 17.1 Å². The van der Waals surface area contributed by atoms with Crippen LogP contribution in [0.25, 0.3) is 0 Å². The molecule has 0 atom stereocenters. The van der Waals surface area contributed by atoms with Crippen molar-refractivity contribution in [3.05, 3.63) is 21.9 Å². The number of rotatable bonds is 5. The summed E-state index contributed by atoms with van der Waals surface area (Å²) in [7, 11) is 5.24. The van der Waals surface area contributed by atoms with Gasteiger partial charge in [0.1, 0.15) is 0 Å². The maximum Gasteiger partial charge on any atom is 0.223 e. The maximum atomic E-state index is 11.4. The van der Waals surface area contributed by atoms with Crippen LogP contribution >= 0.6 is 11.3 Å². The van der Waals surface area contributed by atoms with E-state index < -0.39 is 0 Å². The van der Waals surface area contributed by atoms with E-state index in [0.29, 0.717) is 13.0 Å². The van der Waals surface area contributed by atoms with Crippen molar-refractivity contribution in [2.24, 2.45) is 4.99 Å². The van der Waals surface area contributed by atoms with Gasteiger partial charge in [-0.05, 0) is 19.1 Å². The van der Waals surface area contributed by atoms with Gasteiger partial charge in [0, 0.05) is 43.9 Å². The fourth-order valence-electron chi connectivity index (χ4n) is 1.48. The van der Waals surface area contributed by atoms with Crippen LogP contribution in [-0.4, -0.2) is 44.5 Å². The highest BCUT2D eigenvalue weighted by molar-refractivity contribution is 7.11. The second-order valence-electron chi connectivity index (χ2n) is 4.40. The molecule has 6 heteroatoms. The lowest BCUT2D eigenvalue weighted by atomic mass is 10.4. The summed E-state index contributed by atoms with van der Waals surface area (Å²) >= 11 is 1.77. The van der Waals surface area contributed by atoms with E-state index in [0.717, 1.165) is 12.5 Å². The number of aliphatic imine (C=N–C) groups is 1. The Morgan fingerprint density at radius 2 is 2.11 bits per heavy atom. The van der Waals surface area contributed by atoms with Crippen molar-refractivity contribution in [3.8, 4) is 0 Å². The van der Waals surface area contributed by atoms with E-state index in [2.05, 4.69) is 34.7 Å². The lowest BCUT2D eigenvalue weighted by molar-refractivity contribution is -0.128. The molecule has 5 nitrogen and oxygen atoms in total. The summed E-state index contributed by atoms with van der Waals surface area (Å²) in [6.07, 6.45) is 0.464. The quantitative estimate of drug-likeness (QED) is 0.630. The van der Waals surface area contributed by atoms with Gasteiger partial charge in [-0.25, -0.2) is 0 Å². The van der Waals surface area contributed by atoms with Gasteiger partial charge in [-0.1, -0.05) is 0 Å². The average molecular weight is 282 g/mol. The van der Waals surface area contributed by atoms with Gasteiger partial charge in [-0.3, -0.25) is 9.79 Å². The number of hydrogen-bond donors (Lipinski definition) is 2. The molecule has 0 aliphatic rings. The standard InChI is InChI=1S/C13H22N4OS/c1-10-5-6-11(19-10)9-16-13(14-2)15-8-7-12(18)17(3)4/h5-6H,7-9H2,1-4H3,(H2,14,15,16). The van der Waals surface area contributed by atoms with E-state index >= 15 is 0 Å². The van der Waals surface area contributed by atoms with E-state index in [1.165, 1.54) is 9.75 Å². The first-order valence-corrected chi connectivity index (χ1v) is 7.04. The number of carbonyl (C=O) groups is 1. The van der Waals surface area contributed by atoms with Crippen LogP contribution in [0, 0.1) is 6.92 Å². The molecule has 0 fully saturated rings. The first-order chi connectivity index (χ1) is 9.02. The lowest BCUT2D eigenvalue weighted by Gasteiger charge is -2.13. The van der Waals surface area contributed by atoms with Crippen molar-refractivity contribution in [3.63, 3.8) is 0 Å². The molecular formula is C13H22N4OS. The third kappa shape index (κ3) is 5.74. The summed E-state index contributed by atoms with van der Waals surface area (Å²) in [5.74, 6) is 0.828. The molecule has 0 aliphatic heterocycles. The summed E-state index contributed by atoms with van der Waals surface area (Å²) in [5.41, 5.74) is 0. The van der Waals surface area contributed by atoms with Crippen molar-refractivity contribution in [1.29, 1.82) is 0 Å². The van der Waals surface area contributed by atoms with Crippen LogP contribution in [0.5, 0.6) is 0 Å². The summed E-state index contributed by atoms with van der Waals surface area (Å²) < 4.78 is 0. The predicted molar refractivity (Wildman–Crippen MR) is 80.6 cm³/mol. The molecule has 0 aliphatic carbocycles. The number of hydrogen-bond acceptors (Lipinski definition) is 3. The third-order valence-corrected chi connectivity index (χ3v) is 3.58. The third-order valence-electron chi connectivity index (χ3n) is 2.58. The molecule has 0 aromatic carbocycles. The Labute approximate surface area is 118 Å². The largest absolute Gasteiger partial charge is 0.356 e. The number of guanidine groups is 1. The van der Waals surface area contributed by atoms with E-state index in [1.807, 2.05) is 0 Å². The topological polar surface area (TPSA) is 56.7 Å². The summed E-state index contributed by atoms with van der Waals surface area (Å²) in [4.78, 5) is 19.7. The summed E-state index contributed by atoms with van der Waals surface area (Å²) in [6, 6.07) is 4.21. The van der Waals surface area contributed by atoms with Crippen LogP contribution in [-0.2, 0) is 11.3 Å². The highest BCUT2D eigenvalue weighted by Gasteiger charge is 2.04. The first-order valence-electron chi connectivity index (χ1n) is 6.23. The number of amides is 1. The molecule has 0 spiro atoms. The summed E-state index contributed by atoms with van der Waals surface area (Å²) in [6.45, 7) is 3.42. The zero-order chi connectivity index (χ0) is 14.3. The average Bonchev–Trinajstić information content (AvgIpc) is 2.79. The second kappa shape index (κ2) is 7.78. The van der Waals surface area contributed by atoms with Crippen molar-refractivity contribution in [2.75, 3.05) is 27.7 Å². The zero-order valence-corrected chi connectivity index (χ0v) is 12.8. The molecule has 0 radical (unpaired) electrons. The lowest BCUT2D eigenvalue weighted by Crippen LogP contribution is -2.38. The molecule has 19 heavy (non-hydrogen) atoms. The molecule has 1 heterocycles. The summed E-state index contributed by atoms with van der Waals surface area (Å²) in [5, 5.41) is 6.35. The molecular weight excluding hydrogens is 260 g/mol. The van der Waals surface area contributed by atoms with Crippen molar-refractivity contribution >= 4 is 23.2 Å². The minimum Gasteiger partial charge on any atom is -0.356 e. The van der Waals surface area contributed by atoms with Gasteiger partial charge < -0.3 is 15.5 Å². The molecule has 1 rings (SSSR count). The number of carbonyl (C=O) groups excluding carboxylic acids is 1. The molecule has 106 valence electrons. The molecule has 1 aromatic rings. The Morgan fingerprint density at radius 1 is 1.37 bits per heavy atom. The second-order valence-corrected chi connectivity index (χ2v) is 5.78. The zero-order valence-electron chi connectivity index (χ0n) is 12.0. The van der Waals surface area contributed by atoms with E-state index in [-0.39, 0.29) is 5.91 Å². The Morgan fingerprint density at radius 3 is 2.63 bits per heavy atom. The van der Waals surface area contributed by atoms with Crippen LogP contribution in [0.3, 0.4) is 0 Å². The van der Waals surface area contributed by atoms with Crippen molar-refractivity contribution in [1.82, 2.24) is 15.5 Å². The molecule has 0 saturated heterocycles. The number of thiophene rings is 1. The van der Waals surface area contributed by atoms with Gasteiger partial charge in [0.25, 0.3) is 0 Å². The fourth-order valence-corrected chi connectivity index (χ4v) is 2.31. The van der Waals surface area contributed by atoms with Crippen LogP contribution < -0.4 is 10.6 Å². The maximum absolute atomic E-state index is 11.4. The van der Waals surface area contributed by atoms with Crippen LogP contribution in [0.2, 0.25) is 0 Å². The minimum atomic E-state index is 0.108. The van der Waals surface area contributed by atoms with Gasteiger partial charge in [0.2, 0.25) is 5.91 Å². The smallest absolute Gasteiger partial charge is 0.223 e. The molecule has 1 aromatic heterocycles. The number of aryl methyl sites for hydroxylation is 1. The number of nitrogens with zero attached hydrogens (tertiary/aromatic N) is 2. The van der Waals surface area contributed by atoms with Gasteiger partial charge in [0.15, 0.2) is 5.96 Å². The normalized spacial score (nSPS) is 11.3. The highest BCUT2D eigenvalue weighted by atomic mass is 32.1. The van der Waals surface area contributed by atoms with Gasteiger partial charge >= 0.3 is 0 Å². The molecule has 0 bridgehead atoms. The van der Waals surface area contributed by atoms with Gasteiger partial charge in [-0.2, -0.15) is 0 Å². The molecule has 0 saturated carbocycles. The highest BCUT2D eigenvalue weighted by Crippen LogP contribution is 2.14. The van der Waals surface area contributed by atoms with Crippen LogP contribution in [0.4, 0.5) is 0 Å². The SMILES string of the molecule is CN=C(NCCC(=O)N(C)C)NCc1ccc(C)s1. The van der Waals surface area contributed by atoms with E-state index in [9.17, 15) is 4.79 Å². The van der Waals surface area contributed by atoms with E-state index in [1.54, 1.807) is 37.4 Å².